The van der Waals surface area contributed by atoms with Crippen molar-refractivity contribution in [3.8, 4) is 11.3 Å². The SMILES string of the molecule is Cc1cccc2c(-c3csc(N)n3)c3c(nc12)CCC3. The highest BCUT2D eigenvalue weighted by Gasteiger charge is 2.22. The number of rotatable bonds is 1. The summed E-state index contributed by atoms with van der Waals surface area (Å²) in [5.41, 5.74) is 13.0. The Labute approximate surface area is 121 Å². The van der Waals surface area contributed by atoms with E-state index in [0.717, 1.165) is 24.1 Å². The van der Waals surface area contributed by atoms with Crippen LogP contribution in [0.25, 0.3) is 22.2 Å². The second kappa shape index (κ2) is 4.28. The number of anilines is 1. The normalized spacial score (nSPS) is 13.8. The van der Waals surface area contributed by atoms with Gasteiger partial charge in [0.05, 0.1) is 11.2 Å². The molecule has 0 atom stereocenters. The molecule has 0 fully saturated rings. The van der Waals surface area contributed by atoms with Crippen LogP contribution in [0.5, 0.6) is 0 Å². The second-order valence-electron chi connectivity index (χ2n) is 5.31. The number of nitrogen functional groups attached to an aromatic ring is 1. The van der Waals surface area contributed by atoms with Gasteiger partial charge in [-0.25, -0.2) is 4.98 Å². The van der Waals surface area contributed by atoms with Crippen LogP contribution < -0.4 is 5.73 Å². The van der Waals surface area contributed by atoms with E-state index < -0.39 is 0 Å². The number of benzene rings is 1. The molecule has 2 heterocycles. The van der Waals surface area contributed by atoms with Crippen molar-refractivity contribution in [2.45, 2.75) is 26.2 Å². The van der Waals surface area contributed by atoms with E-state index in [1.54, 1.807) is 0 Å². The van der Waals surface area contributed by atoms with Crippen molar-refractivity contribution in [2.75, 3.05) is 5.73 Å². The highest BCUT2D eigenvalue weighted by atomic mass is 32.1. The number of thiazole rings is 1. The smallest absolute Gasteiger partial charge is 0.180 e. The Balaban J connectivity index is 2.14. The Morgan fingerprint density at radius 2 is 2.10 bits per heavy atom. The molecule has 0 aliphatic heterocycles. The molecule has 3 aromatic rings. The lowest BCUT2D eigenvalue weighted by molar-refractivity contribution is 0.901. The van der Waals surface area contributed by atoms with E-state index in [1.807, 2.05) is 0 Å². The minimum absolute atomic E-state index is 0.629. The van der Waals surface area contributed by atoms with Crippen LogP contribution in [-0.2, 0) is 12.8 Å². The van der Waals surface area contributed by atoms with E-state index in [4.69, 9.17) is 10.7 Å². The Morgan fingerprint density at radius 1 is 1.20 bits per heavy atom. The van der Waals surface area contributed by atoms with Crippen LogP contribution in [0.3, 0.4) is 0 Å². The van der Waals surface area contributed by atoms with Gasteiger partial charge in [-0.2, -0.15) is 0 Å². The monoisotopic (exact) mass is 281 g/mol. The largest absolute Gasteiger partial charge is 0.375 e. The van der Waals surface area contributed by atoms with Crippen LogP contribution >= 0.6 is 11.3 Å². The van der Waals surface area contributed by atoms with Crippen LogP contribution in [0.2, 0.25) is 0 Å². The zero-order valence-electron chi connectivity index (χ0n) is 11.3. The Bertz CT molecular complexity index is 820. The number of pyridine rings is 1. The fourth-order valence-corrected chi connectivity index (χ4v) is 3.68. The zero-order valence-corrected chi connectivity index (χ0v) is 12.1. The van der Waals surface area contributed by atoms with Crippen LogP contribution in [0.4, 0.5) is 5.13 Å². The molecule has 0 unspecified atom stereocenters. The van der Waals surface area contributed by atoms with E-state index in [2.05, 4.69) is 35.5 Å². The van der Waals surface area contributed by atoms with Gasteiger partial charge in [0.1, 0.15) is 0 Å². The molecule has 20 heavy (non-hydrogen) atoms. The van der Waals surface area contributed by atoms with E-state index >= 15 is 0 Å². The van der Waals surface area contributed by atoms with Gasteiger partial charge in [0, 0.05) is 22.0 Å². The molecule has 2 aromatic heterocycles. The van der Waals surface area contributed by atoms with Gasteiger partial charge in [-0.3, -0.25) is 4.98 Å². The Morgan fingerprint density at radius 3 is 2.90 bits per heavy atom. The molecule has 100 valence electrons. The Hall–Kier alpha value is -1.94. The molecular weight excluding hydrogens is 266 g/mol. The molecule has 1 aliphatic carbocycles. The van der Waals surface area contributed by atoms with Crippen molar-refractivity contribution in [3.05, 3.63) is 40.4 Å². The van der Waals surface area contributed by atoms with E-state index in [9.17, 15) is 0 Å². The standard InChI is InChI=1S/C16H15N3S/c1-9-4-2-6-11-14(13-8-20-16(17)19-13)10-5-3-7-12(10)18-15(9)11/h2,4,6,8H,3,5,7H2,1H3,(H2,17,19). The third-order valence-corrected chi connectivity index (χ3v) is 4.70. The summed E-state index contributed by atoms with van der Waals surface area (Å²) in [6, 6.07) is 6.37. The van der Waals surface area contributed by atoms with Crippen molar-refractivity contribution in [2.24, 2.45) is 0 Å². The number of hydrogen-bond donors (Lipinski definition) is 1. The average Bonchev–Trinajstić information content (AvgIpc) is 3.05. The number of aromatic nitrogens is 2. The first-order valence-corrected chi connectivity index (χ1v) is 7.74. The summed E-state index contributed by atoms with van der Waals surface area (Å²) in [4.78, 5) is 9.40. The number of fused-ring (bicyclic) bond motifs is 2. The quantitative estimate of drug-likeness (QED) is 0.739. The molecule has 2 N–H and O–H groups in total. The second-order valence-corrected chi connectivity index (χ2v) is 6.20. The lowest BCUT2D eigenvalue weighted by Gasteiger charge is -2.12. The molecule has 0 spiro atoms. The molecule has 0 saturated heterocycles. The third kappa shape index (κ3) is 1.64. The number of nitrogens with zero attached hydrogens (tertiary/aromatic N) is 2. The van der Waals surface area contributed by atoms with E-state index in [1.165, 1.54) is 45.5 Å². The van der Waals surface area contributed by atoms with Crippen molar-refractivity contribution in [1.82, 2.24) is 9.97 Å². The maximum absolute atomic E-state index is 5.83. The average molecular weight is 281 g/mol. The first-order valence-electron chi connectivity index (χ1n) is 6.86. The lowest BCUT2D eigenvalue weighted by Crippen LogP contribution is -1.97. The molecule has 3 nitrogen and oxygen atoms in total. The minimum atomic E-state index is 0.629. The van der Waals surface area contributed by atoms with Gasteiger partial charge in [-0.1, -0.05) is 18.2 Å². The molecule has 0 amide bonds. The van der Waals surface area contributed by atoms with Gasteiger partial charge in [-0.05, 0) is 37.3 Å². The number of hydrogen-bond acceptors (Lipinski definition) is 4. The first kappa shape index (κ1) is 11.9. The molecule has 1 aromatic carbocycles. The highest BCUT2D eigenvalue weighted by Crippen LogP contribution is 2.38. The van der Waals surface area contributed by atoms with Crippen LogP contribution in [0.15, 0.2) is 23.6 Å². The molecule has 4 rings (SSSR count). The summed E-state index contributed by atoms with van der Waals surface area (Å²) in [5, 5.41) is 3.89. The van der Waals surface area contributed by atoms with Gasteiger partial charge in [0.2, 0.25) is 0 Å². The topological polar surface area (TPSA) is 51.8 Å². The maximum atomic E-state index is 5.83. The summed E-state index contributed by atoms with van der Waals surface area (Å²) in [6.45, 7) is 2.12. The summed E-state index contributed by atoms with van der Waals surface area (Å²) in [5.74, 6) is 0. The summed E-state index contributed by atoms with van der Waals surface area (Å²) < 4.78 is 0. The van der Waals surface area contributed by atoms with Gasteiger partial charge in [-0.15, -0.1) is 11.3 Å². The third-order valence-electron chi connectivity index (χ3n) is 4.02. The lowest BCUT2D eigenvalue weighted by atomic mass is 9.97. The van der Waals surface area contributed by atoms with Crippen molar-refractivity contribution in [1.29, 1.82) is 0 Å². The van der Waals surface area contributed by atoms with Crippen LogP contribution in [0, 0.1) is 6.92 Å². The molecule has 0 bridgehead atoms. The zero-order chi connectivity index (χ0) is 13.7. The highest BCUT2D eigenvalue weighted by molar-refractivity contribution is 7.13. The van der Waals surface area contributed by atoms with Gasteiger partial charge < -0.3 is 5.73 Å². The van der Waals surface area contributed by atoms with Crippen LogP contribution in [0.1, 0.15) is 23.2 Å². The van der Waals surface area contributed by atoms with Crippen LogP contribution in [-0.4, -0.2) is 9.97 Å². The molecular formula is C16H15N3S. The van der Waals surface area contributed by atoms with E-state index in [0.29, 0.717) is 5.13 Å². The van der Waals surface area contributed by atoms with Gasteiger partial charge >= 0.3 is 0 Å². The summed E-state index contributed by atoms with van der Waals surface area (Å²) >= 11 is 1.50. The number of para-hydroxylation sites is 1. The van der Waals surface area contributed by atoms with Gasteiger partial charge in [0.15, 0.2) is 5.13 Å². The number of nitrogens with two attached hydrogens (primary N) is 1. The van der Waals surface area contributed by atoms with Crippen molar-refractivity contribution < 1.29 is 0 Å². The minimum Gasteiger partial charge on any atom is -0.375 e. The van der Waals surface area contributed by atoms with Gasteiger partial charge in [0.25, 0.3) is 0 Å². The molecule has 1 aliphatic rings. The molecule has 0 radical (unpaired) electrons. The fourth-order valence-electron chi connectivity index (χ4n) is 3.12. The fraction of sp³-hybridized carbons (Fsp3) is 0.250. The predicted molar refractivity (Wildman–Crippen MR) is 84.0 cm³/mol. The van der Waals surface area contributed by atoms with Crippen molar-refractivity contribution >= 4 is 27.4 Å². The Kier molecular flexibility index (Phi) is 2.54. The molecule has 4 heteroatoms. The summed E-state index contributed by atoms with van der Waals surface area (Å²) in [6.07, 6.45) is 3.36. The number of aryl methyl sites for hydroxylation is 2. The molecule has 0 saturated carbocycles. The predicted octanol–water partition coefficient (Wildman–Crippen LogP) is 3.74. The summed E-state index contributed by atoms with van der Waals surface area (Å²) in [7, 11) is 0. The first-order chi connectivity index (χ1) is 9.74. The van der Waals surface area contributed by atoms with E-state index in [-0.39, 0.29) is 0 Å². The maximum Gasteiger partial charge on any atom is 0.180 e. The van der Waals surface area contributed by atoms with Crippen molar-refractivity contribution in [3.63, 3.8) is 0 Å².